The van der Waals surface area contributed by atoms with E-state index in [-0.39, 0.29) is 4.90 Å². The molecule has 2 aromatic heterocycles. The van der Waals surface area contributed by atoms with Crippen molar-refractivity contribution in [2.75, 3.05) is 13.1 Å². The van der Waals surface area contributed by atoms with E-state index in [9.17, 15) is 8.42 Å². The average molecular weight is 341 g/mol. The fraction of sp³-hybridized carbons (Fsp3) is 0.538. The second kappa shape index (κ2) is 6.45. The Morgan fingerprint density at radius 2 is 2.14 bits per heavy atom. The fourth-order valence-electron chi connectivity index (χ4n) is 2.56. The summed E-state index contributed by atoms with van der Waals surface area (Å²) in [4.78, 5) is 0.269. The predicted octanol–water partition coefficient (Wildman–Crippen LogP) is 0.819. The van der Waals surface area contributed by atoms with Gasteiger partial charge in [-0.1, -0.05) is 0 Å². The first kappa shape index (κ1) is 15.6. The van der Waals surface area contributed by atoms with E-state index in [1.807, 2.05) is 11.6 Å². The number of aromatic nitrogens is 3. The predicted molar refractivity (Wildman–Crippen MR) is 83.9 cm³/mol. The highest BCUT2D eigenvalue weighted by molar-refractivity contribution is 7.89. The quantitative estimate of drug-likeness (QED) is 0.871. The van der Waals surface area contributed by atoms with Crippen LogP contribution in [0.25, 0.3) is 0 Å². The molecule has 1 saturated heterocycles. The Bertz CT molecular complexity index is 703. The number of nitrogens with one attached hydrogen (secondary N) is 1. The van der Waals surface area contributed by atoms with Crippen LogP contribution >= 0.6 is 11.5 Å². The molecule has 22 heavy (non-hydrogen) atoms. The van der Waals surface area contributed by atoms with Gasteiger partial charge < -0.3 is 5.32 Å². The highest BCUT2D eigenvalue weighted by Crippen LogP contribution is 2.20. The second-order valence-corrected chi connectivity index (χ2v) is 8.04. The minimum absolute atomic E-state index is 0.269. The number of hydrogen-bond acceptors (Lipinski definition) is 6. The largest absolute Gasteiger partial charge is 0.310 e. The molecule has 120 valence electrons. The molecule has 0 aromatic carbocycles. The van der Waals surface area contributed by atoms with Crippen LogP contribution < -0.4 is 5.32 Å². The number of hydrogen-bond donors (Lipinski definition) is 1. The van der Waals surface area contributed by atoms with E-state index >= 15 is 0 Å². The first-order valence-electron chi connectivity index (χ1n) is 7.16. The first-order valence-corrected chi connectivity index (χ1v) is 9.44. The Morgan fingerprint density at radius 1 is 1.36 bits per heavy atom. The van der Waals surface area contributed by atoms with Gasteiger partial charge in [-0.3, -0.25) is 4.68 Å². The number of nitrogens with zero attached hydrogens (tertiary/aromatic N) is 4. The van der Waals surface area contributed by atoms with E-state index in [0.717, 1.165) is 19.4 Å². The third kappa shape index (κ3) is 3.37. The van der Waals surface area contributed by atoms with Gasteiger partial charge in [0.25, 0.3) is 0 Å². The molecule has 3 heterocycles. The van der Waals surface area contributed by atoms with Gasteiger partial charge in [-0.2, -0.15) is 9.40 Å². The van der Waals surface area contributed by atoms with Gasteiger partial charge in [0.2, 0.25) is 10.0 Å². The summed E-state index contributed by atoms with van der Waals surface area (Å²) in [5, 5.41) is 9.44. The summed E-state index contributed by atoms with van der Waals surface area (Å²) in [5.41, 5.74) is 1.18. The van der Waals surface area contributed by atoms with Crippen molar-refractivity contribution in [1.29, 1.82) is 0 Å². The molecule has 0 bridgehead atoms. The smallest absolute Gasteiger partial charge is 0.246 e. The highest BCUT2D eigenvalue weighted by atomic mass is 32.2. The number of piperidine rings is 1. The van der Waals surface area contributed by atoms with Crippen LogP contribution in [0.4, 0.5) is 0 Å². The molecule has 0 aliphatic carbocycles. The standard InChI is InChI=1S/C13H19N5O2S2/c1-17-9-13(8-15-17)22(19,20)18-4-2-12(3-5-18)14-6-11-7-16-21-10-11/h7-10,12,14H,2-6H2,1H3. The molecule has 1 fully saturated rings. The van der Waals surface area contributed by atoms with Gasteiger partial charge in [0.05, 0.1) is 6.20 Å². The molecule has 0 unspecified atom stereocenters. The topological polar surface area (TPSA) is 80.1 Å². The highest BCUT2D eigenvalue weighted by Gasteiger charge is 2.30. The third-order valence-electron chi connectivity index (χ3n) is 3.85. The maximum absolute atomic E-state index is 12.5. The van der Waals surface area contributed by atoms with Crippen LogP contribution in [0.5, 0.6) is 0 Å². The van der Waals surface area contributed by atoms with Crippen molar-refractivity contribution in [3.05, 3.63) is 29.5 Å². The lowest BCUT2D eigenvalue weighted by Gasteiger charge is -2.31. The van der Waals surface area contributed by atoms with Crippen molar-refractivity contribution in [3.63, 3.8) is 0 Å². The second-order valence-electron chi connectivity index (χ2n) is 5.44. The van der Waals surface area contributed by atoms with Gasteiger partial charge in [-0.15, -0.1) is 0 Å². The van der Waals surface area contributed by atoms with Crippen LogP contribution in [0.15, 0.2) is 28.9 Å². The molecule has 1 aliphatic heterocycles. The van der Waals surface area contributed by atoms with Crippen LogP contribution in [-0.4, -0.2) is 46.0 Å². The Hall–Kier alpha value is -1.29. The van der Waals surface area contributed by atoms with Gasteiger partial charge in [0.1, 0.15) is 4.90 Å². The zero-order valence-electron chi connectivity index (χ0n) is 12.3. The number of rotatable bonds is 5. The Balaban J connectivity index is 1.55. The van der Waals surface area contributed by atoms with Gasteiger partial charge in [-0.25, -0.2) is 12.8 Å². The van der Waals surface area contributed by atoms with Crippen LogP contribution in [0.1, 0.15) is 18.4 Å². The summed E-state index contributed by atoms with van der Waals surface area (Å²) < 4.78 is 32.1. The lowest BCUT2D eigenvalue weighted by atomic mass is 10.1. The van der Waals surface area contributed by atoms with E-state index in [1.54, 1.807) is 17.5 Å². The summed E-state index contributed by atoms with van der Waals surface area (Å²) in [6, 6.07) is 0.347. The van der Waals surface area contributed by atoms with Crippen molar-refractivity contribution in [1.82, 2.24) is 23.8 Å². The summed E-state index contributed by atoms with van der Waals surface area (Å²) in [6.07, 6.45) is 6.44. The van der Waals surface area contributed by atoms with E-state index in [4.69, 9.17) is 0 Å². The maximum Gasteiger partial charge on any atom is 0.246 e. The maximum atomic E-state index is 12.5. The SMILES string of the molecule is Cn1cc(S(=O)(=O)N2CCC(NCc3cnsc3)CC2)cn1. The molecular weight excluding hydrogens is 322 g/mol. The zero-order valence-corrected chi connectivity index (χ0v) is 14.0. The Kier molecular flexibility index (Phi) is 4.57. The number of aryl methyl sites for hydroxylation is 1. The minimum atomic E-state index is -3.41. The van der Waals surface area contributed by atoms with E-state index in [0.29, 0.717) is 19.1 Å². The summed E-state index contributed by atoms with van der Waals surface area (Å²) in [6.45, 7) is 1.87. The summed E-state index contributed by atoms with van der Waals surface area (Å²) in [7, 11) is -1.69. The Morgan fingerprint density at radius 3 is 2.73 bits per heavy atom. The van der Waals surface area contributed by atoms with E-state index < -0.39 is 10.0 Å². The normalized spacial score (nSPS) is 17.9. The van der Waals surface area contributed by atoms with Crippen molar-refractivity contribution >= 4 is 21.6 Å². The molecule has 0 atom stereocenters. The molecule has 0 spiro atoms. The lowest BCUT2D eigenvalue weighted by Crippen LogP contribution is -2.44. The van der Waals surface area contributed by atoms with Crippen LogP contribution in [-0.2, 0) is 23.6 Å². The van der Waals surface area contributed by atoms with Crippen molar-refractivity contribution < 1.29 is 8.42 Å². The number of sulfonamides is 1. The van der Waals surface area contributed by atoms with Crippen molar-refractivity contribution in [2.24, 2.45) is 7.05 Å². The monoisotopic (exact) mass is 341 g/mol. The molecule has 0 radical (unpaired) electrons. The molecule has 1 aliphatic rings. The van der Waals surface area contributed by atoms with Crippen LogP contribution in [0.3, 0.4) is 0 Å². The fourth-order valence-corrected chi connectivity index (χ4v) is 4.55. The molecule has 3 rings (SSSR count). The summed E-state index contributed by atoms with van der Waals surface area (Å²) in [5.74, 6) is 0. The molecule has 7 nitrogen and oxygen atoms in total. The van der Waals surface area contributed by atoms with E-state index in [2.05, 4.69) is 14.8 Å². The average Bonchev–Trinajstić information content (AvgIpc) is 3.17. The van der Waals surface area contributed by atoms with Crippen LogP contribution in [0.2, 0.25) is 0 Å². The van der Waals surface area contributed by atoms with Crippen LogP contribution in [0, 0.1) is 0 Å². The zero-order chi connectivity index (χ0) is 15.6. The summed E-state index contributed by atoms with van der Waals surface area (Å²) >= 11 is 1.44. The molecular formula is C13H19N5O2S2. The minimum Gasteiger partial charge on any atom is -0.310 e. The van der Waals surface area contributed by atoms with Crippen molar-refractivity contribution in [3.8, 4) is 0 Å². The molecule has 0 amide bonds. The molecule has 0 saturated carbocycles. The van der Waals surface area contributed by atoms with Gasteiger partial charge in [0, 0.05) is 50.5 Å². The van der Waals surface area contributed by atoms with Gasteiger partial charge >= 0.3 is 0 Å². The third-order valence-corrected chi connectivity index (χ3v) is 6.34. The molecule has 9 heteroatoms. The van der Waals surface area contributed by atoms with Crippen molar-refractivity contribution in [2.45, 2.75) is 30.3 Å². The van der Waals surface area contributed by atoms with Gasteiger partial charge in [0.15, 0.2) is 0 Å². The molecule has 1 N–H and O–H groups in total. The lowest BCUT2D eigenvalue weighted by molar-refractivity contribution is 0.288. The van der Waals surface area contributed by atoms with E-state index in [1.165, 1.54) is 28.0 Å². The Labute approximate surface area is 134 Å². The molecule has 2 aromatic rings. The van der Waals surface area contributed by atoms with Gasteiger partial charge in [-0.05, 0) is 29.9 Å². The first-order chi connectivity index (χ1) is 10.6.